The summed E-state index contributed by atoms with van der Waals surface area (Å²) in [4.78, 5) is 11.9. The average Bonchev–Trinajstić information content (AvgIpc) is 2.85. The van der Waals surface area contributed by atoms with Crippen LogP contribution in [0.15, 0.2) is 0 Å². The minimum Gasteiger partial charge on any atom is -0.477 e. The van der Waals surface area contributed by atoms with Crippen LogP contribution in [0.1, 0.15) is 143 Å². The minimum atomic E-state index is -2.10. The zero-order valence-electron chi connectivity index (χ0n) is 23.2. The number of carbonyl (C=O) groups is 1. The fourth-order valence-electron chi connectivity index (χ4n) is 4.20. The molecule has 5 nitrogen and oxygen atoms in total. The van der Waals surface area contributed by atoms with E-state index in [0.717, 1.165) is 18.6 Å². The van der Waals surface area contributed by atoms with Gasteiger partial charge >= 0.3 is 11.5 Å². The Hall–Kier alpha value is -0.160. The maximum Gasteiger partial charge on any atom is 0.377 e. The van der Waals surface area contributed by atoms with Gasteiger partial charge in [-0.1, -0.05) is 117 Å². The van der Waals surface area contributed by atoms with Crippen LogP contribution in [0.4, 0.5) is 0 Å². The number of carboxylic acids is 1. The summed E-state index contributed by atoms with van der Waals surface area (Å²) in [6, 6.07) is 0. The predicted molar refractivity (Wildman–Crippen MR) is 151 cm³/mol. The standard InChI is InChI=1S/C28H55O5PS/c1-5-8-10-12-14-15-16-17-19-21-24-35-26(22-20-18-13-11-9-6-2)25(4)33-28(34-31,27(29)30)32-23-7-3/h25-26H,5-24H2,1-4H3,(H,29,30). The van der Waals surface area contributed by atoms with Gasteiger partial charge in [0.1, 0.15) is 0 Å². The number of hydrogen-bond acceptors (Lipinski definition) is 5. The maximum atomic E-state index is 11.9. The molecular formula is C28H55O5PS. The van der Waals surface area contributed by atoms with Crippen LogP contribution in [0.25, 0.3) is 0 Å². The van der Waals surface area contributed by atoms with Crippen molar-refractivity contribution in [1.82, 2.24) is 0 Å². The summed E-state index contributed by atoms with van der Waals surface area (Å²) in [6.07, 6.45) is 21.8. The Labute approximate surface area is 222 Å². The Bertz CT molecular complexity index is 508. The topological polar surface area (TPSA) is 72.8 Å². The van der Waals surface area contributed by atoms with Gasteiger partial charge in [-0.25, -0.2) is 4.79 Å². The maximum absolute atomic E-state index is 11.9. The molecule has 0 heterocycles. The third-order valence-corrected chi connectivity index (χ3v) is 8.67. The van der Waals surface area contributed by atoms with E-state index in [1.54, 1.807) is 0 Å². The molecular weight excluding hydrogens is 479 g/mol. The first kappa shape index (κ1) is 34.8. The van der Waals surface area contributed by atoms with Crippen molar-refractivity contribution >= 4 is 26.2 Å². The molecule has 0 aliphatic rings. The van der Waals surface area contributed by atoms with E-state index in [-0.39, 0.29) is 18.0 Å². The van der Waals surface area contributed by atoms with E-state index < -0.39 is 20.0 Å². The summed E-state index contributed by atoms with van der Waals surface area (Å²) in [5, 5.41) is 9.86. The Morgan fingerprint density at radius 1 is 0.800 bits per heavy atom. The molecule has 208 valence electrons. The zero-order chi connectivity index (χ0) is 26.2. The summed E-state index contributed by atoms with van der Waals surface area (Å²) in [6.45, 7) is 8.48. The van der Waals surface area contributed by atoms with E-state index in [1.165, 1.54) is 96.3 Å². The van der Waals surface area contributed by atoms with E-state index in [4.69, 9.17) is 9.47 Å². The molecule has 35 heavy (non-hydrogen) atoms. The number of rotatable bonds is 27. The predicted octanol–water partition coefficient (Wildman–Crippen LogP) is 9.62. The summed E-state index contributed by atoms with van der Waals surface area (Å²) in [5.74, 6) is -0.275. The number of aliphatic carboxylic acids is 1. The molecule has 0 aromatic carbocycles. The highest BCUT2D eigenvalue weighted by Gasteiger charge is 2.45. The molecule has 3 unspecified atom stereocenters. The summed E-state index contributed by atoms with van der Waals surface area (Å²) < 4.78 is 23.1. The Balaban J connectivity index is 4.60. The van der Waals surface area contributed by atoms with Gasteiger partial charge in [0, 0.05) is 5.25 Å². The lowest BCUT2D eigenvalue weighted by Gasteiger charge is -2.31. The molecule has 0 radical (unpaired) electrons. The summed E-state index contributed by atoms with van der Waals surface area (Å²) in [5.41, 5.74) is -2.10. The van der Waals surface area contributed by atoms with Gasteiger partial charge < -0.3 is 14.6 Å². The molecule has 0 bridgehead atoms. The highest BCUT2D eigenvalue weighted by molar-refractivity contribution is 7.99. The van der Waals surface area contributed by atoms with Crippen molar-refractivity contribution in [3.8, 4) is 0 Å². The van der Waals surface area contributed by atoms with Gasteiger partial charge in [-0.3, -0.25) is 4.57 Å². The van der Waals surface area contributed by atoms with Crippen molar-refractivity contribution in [3.05, 3.63) is 0 Å². The summed E-state index contributed by atoms with van der Waals surface area (Å²) >= 11 is 1.88. The van der Waals surface area contributed by atoms with Crippen LogP contribution >= 0.6 is 20.2 Å². The molecule has 0 aliphatic heterocycles. The molecule has 0 rings (SSSR count). The molecule has 0 saturated heterocycles. The number of ether oxygens (including phenoxy) is 2. The first-order valence-corrected chi connectivity index (χ1v) is 16.3. The third kappa shape index (κ3) is 17.8. The van der Waals surface area contributed by atoms with Crippen LogP contribution in [0.3, 0.4) is 0 Å². The largest absolute Gasteiger partial charge is 0.477 e. The van der Waals surface area contributed by atoms with Gasteiger partial charge in [0.2, 0.25) is 8.46 Å². The number of hydrogen-bond donors (Lipinski definition) is 1. The van der Waals surface area contributed by atoms with E-state index in [9.17, 15) is 14.5 Å². The molecule has 0 saturated carbocycles. The van der Waals surface area contributed by atoms with Crippen LogP contribution < -0.4 is 0 Å². The fraction of sp³-hybridized carbons (Fsp3) is 0.964. The first-order valence-electron chi connectivity index (χ1n) is 14.5. The number of thioether (sulfide) groups is 1. The smallest absolute Gasteiger partial charge is 0.377 e. The van der Waals surface area contributed by atoms with Crippen LogP contribution in [0, 0.1) is 0 Å². The Morgan fingerprint density at radius 2 is 1.29 bits per heavy atom. The van der Waals surface area contributed by atoms with Crippen molar-refractivity contribution in [3.63, 3.8) is 0 Å². The van der Waals surface area contributed by atoms with Gasteiger partial charge in [-0.15, -0.1) is 0 Å². The van der Waals surface area contributed by atoms with Crippen LogP contribution in [0.5, 0.6) is 0 Å². The van der Waals surface area contributed by atoms with E-state index in [0.29, 0.717) is 6.42 Å². The van der Waals surface area contributed by atoms with Crippen molar-refractivity contribution in [1.29, 1.82) is 0 Å². The van der Waals surface area contributed by atoms with Crippen LogP contribution in [-0.2, 0) is 18.8 Å². The number of unbranched alkanes of at least 4 members (excludes halogenated alkanes) is 14. The average molecular weight is 535 g/mol. The first-order chi connectivity index (χ1) is 17.0. The molecule has 1 N–H and O–H groups in total. The number of carboxylic acid groups (broad SMARTS) is 1. The fourth-order valence-corrected chi connectivity index (χ4v) is 5.97. The summed E-state index contributed by atoms with van der Waals surface area (Å²) in [7, 11) is -0.657. The molecule has 0 spiro atoms. The lowest BCUT2D eigenvalue weighted by atomic mass is 10.1. The van der Waals surface area contributed by atoms with Gasteiger partial charge in [-0.05, 0) is 31.9 Å². The second-order valence-corrected chi connectivity index (χ2v) is 11.9. The van der Waals surface area contributed by atoms with E-state index >= 15 is 0 Å². The molecule has 3 atom stereocenters. The molecule has 0 aromatic heterocycles. The lowest BCUT2D eigenvalue weighted by Crippen LogP contribution is -2.44. The van der Waals surface area contributed by atoms with Gasteiger partial charge in [-0.2, -0.15) is 11.8 Å². The lowest BCUT2D eigenvalue weighted by molar-refractivity contribution is -0.217. The van der Waals surface area contributed by atoms with Gasteiger partial charge in [0.15, 0.2) is 0 Å². The van der Waals surface area contributed by atoms with Crippen molar-refractivity contribution in [2.24, 2.45) is 0 Å². The quantitative estimate of drug-likeness (QED) is 0.0642. The zero-order valence-corrected chi connectivity index (χ0v) is 24.9. The van der Waals surface area contributed by atoms with E-state index in [1.807, 2.05) is 25.6 Å². The molecule has 0 fully saturated rings. The minimum absolute atomic E-state index is 0.172. The normalized spacial score (nSPS) is 15.2. The van der Waals surface area contributed by atoms with Crippen molar-refractivity contribution in [2.75, 3.05) is 12.4 Å². The molecule has 7 heteroatoms. The van der Waals surface area contributed by atoms with E-state index in [2.05, 4.69) is 13.8 Å². The third-order valence-electron chi connectivity index (χ3n) is 6.43. The highest BCUT2D eigenvalue weighted by atomic mass is 32.2. The SMILES string of the molecule is CCCCCCCCCCCCSC(CCCCCCCC)C(C)OC(OCCC)(P=O)C(=O)O. The second-order valence-electron chi connectivity index (χ2n) is 9.80. The van der Waals surface area contributed by atoms with Crippen molar-refractivity contribution in [2.45, 2.75) is 160 Å². The molecule has 0 amide bonds. The molecule has 0 aliphatic carbocycles. The monoisotopic (exact) mass is 534 g/mol. The Morgan fingerprint density at radius 3 is 1.74 bits per heavy atom. The highest BCUT2D eigenvalue weighted by Crippen LogP contribution is 2.33. The van der Waals surface area contributed by atoms with Gasteiger partial charge in [0.25, 0.3) is 0 Å². The Kier molecular flexibility index (Phi) is 24.1. The second kappa shape index (κ2) is 24.2. The van der Waals surface area contributed by atoms with Gasteiger partial charge in [0.05, 0.1) is 12.7 Å². The molecule has 0 aromatic rings. The van der Waals surface area contributed by atoms with Crippen molar-refractivity contribution < 1.29 is 23.9 Å². The van der Waals surface area contributed by atoms with Crippen LogP contribution in [-0.4, -0.2) is 40.3 Å². The van der Waals surface area contributed by atoms with Crippen LogP contribution in [0.2, 0.25) is 0 Å².